The number of hydrogen-bond acceptors (Lipinski definition) is 4. The monoisotopic (exact) mass is 372 g/mol. The molecule has 2 aromatic carbocycles. The van der Waals surface area contributed by atoms with E-state index in [1.165, 1.54) is 5.56 Å². The largest absolute Gasteiger partial charge is 0.352 e. The summed E-state index contributed by atoms with van der Waals surface area (Å²) >= 11 is 12.3. The van der Waals surface area contributed by atoms with Crippen LogP contribution >= 0.6 is 23.2 Å². The Balaban J connectivity index is 1.81. The zero-order valence-electron chi connectivity index (χ0n) is 13.8. The lowest BCUT2D eigenvalue weighted by Gasteiger charge is -2.22. The van der Waals surface area contributed by atoms with E-state index < -0.39 is 0 Å². The van der Waals surface area contributed by atoms with Crippen LogP contribution in [0.4, 0.5) is 17.5 Å². The number of nitrogens with zero attached hydrogens (tertiary/aromatic N) is 3. The molecule has 3 rings (SSSR count). The maximum atomic E-state index is 6.22. The minimum Gasteiger partial charge on any atom is -0.352 e. The maximum absolute atomic E-state index is 6.22. The van der Waals surface area contributed by atoms with E-state index in [-0.39, 0.29) is 0 Å². The molecule has 0 fully saturated rings. The molecule has 1 N–H and O–H groups in total. The van der Waals surface area contributed by atoms with Crippen LogP contribution in [0.25, 0.3) is 0 Å². The molecule has 1 heterocycles. The molecule has 0 bridgehead atoms. The number of nitrogens with one attached hydrogen (secondary N) is 1. The zero-order chi connectivity index (χ0) is 17.6. The molecule has 4 nitrogen and oxygen atoms in total. The summed E-state index contributed by atoms with van der Waals surface area (Å²) in [6.45, 7) is 3.72. The second-order valence-electron chi connectivity index (χ2n) is 5.46. The Bertz CT molecular complexity index is 840. The first kappa shape index (κ1) is 17.5. The van der Waals surface area contributed by atoms with Crippen molar-refractivity contribution >= 4 is 40.7 Å². The highest BCUT2D eigenvalue weighted by Crippen LogP contribution is 2.31. The molecule has 6 heteroatoms. The molecular formula is C19H18Cl2N4. The van der Waals surface area contributed by atoms with Crippen molar-refractivity contribution in [2.45, 2.75) is 13.5 Å². The van der Waals surface area contributed by atoms with Crippen molar-refractivity contribution in [3.8, 4) is 0 Å². The fourth-order valence-corrected chi connectivity index (χ4v) is 2.81. The molecule has 1 aromatic heterocycles. The molecule has 0 atom stereocenters. The topological polar surface area (TPSA) is 41.1 Å². The summed E-state index contributed by atoms with van der Waals surface area (Å²) in [5.74, 6) is 1.33. The van der Waals surface area contributed by atoms with E-state index in [9.17, 15) is 0 Å². The van der Waals surface area contributed by atoms with Gasteiger partial charge in [-0.25, -0.2) is 4.98 Å². The number of hydrogen-bond donors (Lipinski definition) is 1. The first-order valence-electron chi connectivity index (χ1n) is 8.00. The Labute approximate surface area is 157 Å². The number of anilines is 3. The van der Waals surface area contributed by atoms with Crippen molar-refractivity contribution in [2.24, 2.45) is 0 Å². The van der Waals surface area contributed by atoms with E-state index in [1.54, 1.807) is 12.3 Å². The standard InChI is InChI=1S/C19H18Cl2N4/c1-2-25(13-14-7-4-3-5-8-14)17-11-12-22-19(24-17)23-16-10-6-9-15(20)18(16)21/h3-12H,2,13H2,1H3,(H,22,23,24). The molecule has 0 amide bonds. The summed E-state index contributed by atoms with van der Waals surface area (Å²) in [6.07, 6.45) is 1.73. The SMILES string of the molecule is CCN(Cc1ccccc1)c1ccnc(Nc2cccc(Cl)c2Cl)n1. The number of halogens is 2. The predicted octanol–water partition coefficient (Wildman–Crippen LogP) is 5.55. The van der Waals surface area contributed by atoms with Crippen LogP contribution in [-0.2, 0) is 6.54 Å². The summed E-state index contributed by atoms with van der Waals surface area (Å²) in [5, 5.41) is 4.07. The molecule has 0 aliphatic heterocycles. The molecule has 3 aromatic rings. The van der Waals surface area contributed by atoms with Gasteiger partial charge in [0, 0.05) is 19.3 Å². The number of rotatable bonds is 6. The van der Waals surface area contributed by atoms with Crippen molar-refractivity contribution in [3.63, 3.8) is 0 Å². The van der Waals surface area contributed by atoms with Gasteiger partial charge in [0.05, 0.1) is 15.7 Å². The molecule has 0 saturated carbocycles. The third-order valence-corrected chi connectivity index (χ3v) is 4.58. The second-order valence-corrected chi connectivity index (χ2v) is 6.25. The van der Waals surface area contributed by atoms with E-state index in [0.29, 0.717) is 21.7 Å². The predicted molar refractivity (Wildman–Crippen MR) is 105 cm³/mol. The van der Waals surface area contributed by atoms with Gasteiger partial charge in [-0.05, 0) is 30.7 Å². The first-order valence-corrected chi connectivity index (χ1v) is 8.76. The number of benzene rings is 2. The lowest BCUT2D eigenvalue weighted by atomic mass is 10.2. The Hall–Kier alpha value is -2.30. The van der Waals surface area contributed by atoms with Gasteiger partial charge in [0.25, 0.3) is 0 Å². The average Bonchev–Trinajstić information content (AvgIpc) is 2.64. The Kier molecular flexibility index (Phi) is 5.74. The molecular weight excluding hydrogens is 355 g/mol. The van der Waals surface area contributed by atoms with Crippen LogP contribution in [0, 0.1) is 0 Å². The smallest absolute Gasteiger partial charge is 0.229 e. The maximum Gasteiger partial charge on any atom is 0.229 e. The highest BCUT2D eigenvalue weighted by molar-refractivity contribution is 6.43. The van der Waals surface area contributed by atoms with Crippen LogP contribution in [0.1, 0.15) is 12.5 Å². The Morgan fingerprint density at radius 3 is 2.56 bits per heavy atom. The summed E-state index contributed by atoms with van der Waals surface area (Å²) < 4.78 is 0. The van der Waals surface area contributed by atoms with E-state index in [1.807, 2.05) is 36.4 Å². The van der Waals surface area contributed by atoms with Crippen molar-refractivity contribution in [2.75, 3.05) is 16.8 Å². The van der Waals surface area contributed by atoms with Gasteiger partial charge in [-0.15, -0.1) is 0 Å². The molecule has 25 heavy (non-hydrogen) atoms. The van der Waals surface area contributed by atoms with E-state index in [4.69, 9.17) is 23.2 Å². The molecule has 128 valence electrons. The summed E-state index contributed by atoms with van der Waals surface area (Å²) in [7, 11) is 0. The highest BCUT2D eigenvalue weighted by Gasteiger charge is 2.10. The third-order valence-electron chi connectivity index (χ3n) is 3.76. The van der Waals surface area contributed by atoms with Crippen molar-refractivity contribution < 1.29 is 0 Å². The van der Waals surface area contributed by atoms with Crippen molar-refractivity contribution in [3.05, 3.63) is 76.4 Å². The average molecular weight is 373 g/mol. The van der Waals surface area contributed by atoms with Gasteiger partial charge in [0.15, 0.2) is 0 Å². The van der Waals surface area contributed by atoms with Gasteiger partial charge < -0.3 is 10.2 Å². The molecule has 0 saturated heterocycles. The minimum atomic E-state index is 0.454. The van der Waals surface area contributed by atoms with Crippen molar-refractivity contribution in [1.82, 2.24) is 9.97 Å². The summed E-state index contributed by atoms with van der Waals surface area (Å²) in [4.78, 5) is 11.1. The van der Waals surface area contributed by atoms with E-state index in [0.717, 1.165) is 18.9 Å². The van der Waals surface area contributed by atoms with Gasteiger partial charge in [-0.2, -0.15) is 4.98 Å². The normalized spacial score (nSPS) is 10.5. The zero-order valence-corrected chi connectivity index (χ0v) is 15.3. The Morgan fingerprint density at radius 1 is 1.00 bits per heavy atom. The lowest BCUT2D eigenvalue weighted by molar-refractivity contribution is 0.811. The highest BCUT2D eigenvalue weighted by atomic mass is 35.5. The fraction of sp³-hybridized carbons (Fsp3) is 0.158. The molecule has 0 unspecified atom stereocenters. The lowest BCUT2D eigenvalue weighted by Crippen LogP contribution is -2.23. The fourth-order valence-electron chi connectivity index (χ4n) is 2.46. The third kappa shape index (κ3) is 4.41. The molecule has 0 spiro atoms. The van der Waals surface area contributed by atoms with Crippen molar-refractivity contribution in [1.29, 1.82) is 0 Å². The van der Waals surface area contributed by atoms with Gasteiger partial charge >= 0.3 is 0 Å². The van der Waals surface area contributed by atoms with E-state index in [2.05, 4.69) is 39.2 Å². The molecule has 0 radical (unpaired) electrons. The van der Waals surface area contributed by atoms with Crippen LogP contribution < -0.4 is 10.2 Å². The van der Waals surface area contributed by atoms with Gasteiger partial charge in [0.2, 0.25) is 5.95 Å². The first-order chi connectivity index (χ1) is 12.2. The molecule has 0 aliphatic rings. The van der Waals surface area contributed by atoms with Gasteiger partial charge in [-0.1, -0.05) is 59.6 Å². The Morgan fingerprint density at radius 2 is 1.80 bits per heavy atom. The van der Waals surface area contributed by atoms with E-state index >= 15 is 0 Å². The van der Waals surface area contributed by atoms with Gasteiger partial charge in [-0.3, -0.25) is 0 Å². The van der Waals surface area contributed by atoms with Crippen LogP contribution in [0.5, 0.6) is 0 Å². The van der Waals surface area contributed by atoms with Gasteiger partial charge in [0.1, 0.15) is 5.82 Å². The van der Waals surface area contributed by atoms with Crippen LogP contribution in [0.2, 0.25) is 10.0 Å². The van der Waals surface area contributed by atoms with Crippen LogP contribution in [-0.4, -0.2) is 16.5 Å². The minimum absolute atomic E-state index is 0.454. The summed E-state index contributed by atoms with van der Waals surface area (Å²) in [5.41, 5.74) is 1.91. The van der Waals surface area contributed by atoms with Crippen LogP contribution in [0.15, 0.2) is 60.8 Å². The second kappa shape index (κ2) is 8.19. The van der Waals surface area contributed by atoms with Crippen LogP contribution in [0.3, 0.4) is 0 Å². The number of aromatic nitrogens is 2. The quantitative estimate of drug-likeness (QED) is 0.615. The molecule has 0 aliphatic carbocycles. The summed E-state index contributed by atoms with van der Waals surface area (Å²) in [6, 6.07) is 17.6.